The number of amides is 1. The lowest BCUT2D eigenvalue weighted by Crippen LogP contribution is -2.39. The first-order chi connectivity index (χ1) is 12.1. The largest absolute Gasteiger partial charge is 0.481 e. The van der Waals surface area contributed by atoms with E-state index in [0.29, 0.717) is 11.6 Å². The maximum absolute atomic E-state index is 12.7. The van der Waals surface area contributed by atoms with Crippen LogP contribution in [0.1, 0.15) is 35.3 Å². The van der Waals surface area contributed by atoms with Gasteiger partial charge in [-0.15, -0.1) is 0 Å². The van der Waals surface area contributed by atoms with Crippen molar-refractivity contribution in [2.45, 2.75) is 32.2 Å². The zero-order valence-electron chi connectivity index (χ0n) is 14.2. The predicted molar refractivity (Wildman–Crippen MR) is 93.3 cm³/mol. The van der Waals surface area contributed by atoms with Crippen molar-refractivity contribution >= 4 is 11.9 Å². The number of rotatable bonds is 6. The van der Waals surface area contributed by atoms with Crippen LogP contribution in [0, 0.1) is 5.92 Å². The number of likely N-dealkylation sites (tertiary alicyclic amines) is 1. The van der Waals surface area contributed by atoms with Gasteiger partial charge >= 0.3 is 5.97 Å². The van der Waals surface area contributed by atoms with Gasteiger partial charge in [0.25, 0.3) is 5.91 Å². The van der Waals surface area contributed by atoms with E-state index in [1.807, 2.05) is 11.0 Å². The van der Waals surface area contributed by atoms with Crippen LogP contribution in [0.4, 0.5) is 0 Å². The summed E-state index contributed by atoms with van der Waals surface area (Å²) >= 11 is 0. The monoisotopic (exact) mass is 341 g/mol. The second kappa shape index (κ2) is 7.96. The molecule has 2 aromatic rings. The second-order valence-corrected chi connectivity index (χ2v) is 6.51. The van der Waals surface area contributed by atoms with E-state index in [0.717, 1.165) is 32.4 Å². The summed E-state index contributed by atoms with van der Waals surface area (Å²) in [5, 5.41) is 12.9. The van der Waals surface area contributed by atoms with Crippen molar-refractivity contribution in [3.63, 3.8) is 0 Å². The smallest absolute Gasteiger partial charge is 0.305 e. The molecule has 0 atom stereocenters. The molecule has 25 heavy (non-hydrogen) atoms. The van der Waals surface area contributed by atoms with Gasteiger partial charge in [-0.25, -0.2) is 0 Å². The molecule has 3 rings (SSSR count). The van der Waals surface area contributed by atoms with E-state index >= 15 is 0 Å². The van der Waals surface area contributed by atoms with Crippen LogP contribution in [-0.2, 0) is 17.8 Å². The summed E-state index contributed by atoms with van der Waals surface area (Å²) in [5.41, 5.74) is 1.82. The van der Waals surface area contributed by atoms with Gasteiger partial charge in [0.1, 0.15) is 5.69 Å². The summed E-state index contributed by atoms with van der Waals surface area (Å²) in [4.78, 5) is 25.3. The van der Waals surface area contributed by atoms with E-state index in [9.17, 15) is 9.59 Å². The Hall–Kier alpha value is -2.63. The van der Waals surface area contributed by atoms with Crippen molar-refractivity contribution in [2.24, 2.45) is 5.92 Å². The van der Waals surface area contributed by atoms with Gasteiger partial charge in [-0.05, 0) is 36.8 Å². The van der Waals surface area contributed by atoms with Crippen molar-refractivity contribution in [3.05, 3.63) is 53.9 Å². The Balaban J connectivity index is 1.55. The van der Waals surface area contributed by atoms with Crippen LogP contribution in [0.2, 0.25) is 0 Å². The van der Waals surface area contributed by atoms with Gasteiger partial charge in [0.15, 0.2) is 0 Å². The minimum absolute atomic E-state index is 0.0406. The summed E-state index contributed by atoms with van der Waals surface area (Å²) in [7, 11) is 0. The number of hydrogen-bond acceptors (Lipinski definition) is 3. The van der Waals surface area contributed by atoms with Crippen LogP contribution >= 0.6 is 0 Å². The number of carboxylic acid groups (broad SMARTS) is 1. The topological polar surface area (TPSA) is 75.4 Å². The number of benzene rings is 1. The van der Waals surface area contributed by atoms with E-state index in [1.165, 1.54) is 10.2 Å². The summed E-state index contributed by atoms with van der Waals surface area (Å²) in [5.74, 6) is -0.347. The molecule has 1 fully saturated rings. The molecule has 1 aliphatic heterocycles. The van der Waals surface area contributed by atoms with Crippen LogP contribution in [0.3, 0.4) is 0 Å². The van der Waals surface area contributed by atoms with Gasteiger partial charge in [-0.3, -0.25) is 14.3 Å². The first-order valence-corrected chi connectivity index (χ1v) is 8.70. The second-order valence-electron chi connectivity index (χ2n) is 6.51. The fourth-order valence-electron chi connectivity index (χ4n) is 3.34. The third kappa shape index (κ3) is 4.47. The Morgan fingerprint density at radius 2 is 1.84 bits per heavy atom. The zero-order chi connectivity index (χ0) is 17.6. The van der Waals surface area contributed by atoms with Crippen LogP contribution in [0.15, 0.2) is 42.6 Å². The summed E-state index contributed by atoms with van der Waals surface area (Å²) in [6.45, 7) is 1.69. The Labute approximate surface area is 147 Å². The van der Waals surface area contributed by atoms with Crippen LogP contribution in [0.25, 0.3) is 0 Å². The minimum atomic E-state index is -0.893. The maximum atomic E-state index is 12.7. The molecule has 0 saturated carbocycles. The van der Waals surface area contributed by atoms with Crippen molar-refractivity contribution in [3.8, 4) is 0 Å². The highest BCUT2D eigenvalue weighted by Crippen LogP contribution is 2.22. The number of piperidine rings is 1. The lowest BCUT2D eigenvalue weighted by atomic mass is 9.90. The van der Waals surface area contributed by atoms with Crippen LogP contribution in [-0.4, -0.2) is 44.8 Å². The number of carboxylic acids is 1. The predicted octanol–water partition coefficient (Wildman–Crippen LogP) is 2.45. The maximum Gasteiger partial charge on any atom is 0.305 e. The highest BCUT2D eigenvalue weighted by molar-refractivity contribution is 5.92. The van der Waals surface area contributed by atoms with Crippen molar-refractivity contribution in [1.82, 2.24) is 14.7 Å². The highest BCUT2D eigenvalue weighted by Gasteiger charge is 2.25. The van der Waals surface area contributed by atoms with Crippen LogP contribution in [0.5, 0.6) is 0 Å². The minimum Gasteiger partial charge on any atom is -0.481 e. The Morgan fingerprint density at radius 3 is 2.52 bits per heavy atom. The van der Waals surface area contributed by atoms with Crippen molar-refractivity contribution < 1.29 is 14.7 Å². The third-order valence-electron chi connectivity index (χ3n) is 4.74. The first kappa shape index (κ1) is 17.2. The summed E-state index contributed by atoms with van der Waals surface area (Å²) < 4.78 is 1.49. The molecule has 132 valence electrons. The fourth-order valence-corrected chi connectivity index (χ4v) is 3.34. The number of carbonyl (C=O) groups is 2. The van der Waals surface area contributed by atoms with E-state index in [-0.39, 0.29) is 18.9 Å². The lowest BCUT2D eigenvalue weighted by molar-refractivity contribution is -0.137. The number of aryl methyl sites for hydroxylation is 1. The molecule has 0 radical (unpaired) electrons. The number of carbonyl (C=O) groups excluding carboxylic acids is 1. The molecule has 0 aliphatic carbocycles. The molecule has 1 aliphatic rings. The zero-order valence-corrected chi connectivity index (χ0v) is 14.2. The molecule has 0 spiro atoms. The van der Waals surface area contributed by atoms with Gasteiger partial charge < -0.3 is 10.0 Å². The molecule has 0 unspecified atom stereocenters. The number of aliphatic carboxylic acids is 1. The van der Waals surface area contributed by atoms with Gasteiger partial charge in [0.05, 0.1) is 13.0 Å². The molecular formula is C19H23N3O3. The Kier molecular flexibility index (Phi) is 5.48. The van der Waals surface area contributed by atoms with Gasteiger partial charge in [0.2, 0.25) is 0 Å². The van der Waals surface area contributed by atoms with Crippen molar-refractivity contribution in [1.29, 1.82) is 0 Å². The molecule has 6 heteroatoms. The summed E-state index contributed by atoms with van der Waals surface area (Å²) in [6.07, 6.45) is 4.55. The summed E-state index contributed by atoms with van der Waals surface area (Å²) in [6, 6.07) is 12.1. The average Bonchev–Trinajstić information content (AvgIpc) is 3.09. The number of aromatic nitrogens is 2. The molecule has 1 aromatic carbocycles. The quantitative estimate of drug-likeness (QED) is 0.876. The fraction of sp³-hybridized carbons (Fsp3) is 0.421. The normalized spacial score (nSPS) is 15.3. The molecule has 1 N–H and O–H groups in total. The van der Waals surface area contributed by atoms with E-state index in [2.05, 4.69) is 29.4 Å². The highest BCUT2D eigenvalue weighted by atomic mass is 16.4. The van der Waals surface area contributed by atoms with E-state index in [1.54, 1.807) is 12.3 Å². The molecular weight excluding hydrogens is 318 g/mol. The SMILES string of the molecule is O=C(O)CCn1nccc1C(=O)N1CCC(Cc2ccccc2)CC1. The van der Waals surface area contributed by atoms with Gasteiger partial charge in [-0.2, -0.15) is 5.10 Å². The third-order valence-corrected chi connectivity index (χ3v) is 4.74. The molecule has 0 bridgehead atoms. The molecule has 1 aromatic heterocycles. The van der Waals surface area contributed by atoms with E-state index < -0.39 is 5.97 Å². The first-order valence-electron chi connectivity index (χ1n) is 8.70. The molecule has 1 saturated heterocycles. The van der Waals surface area contributed by atoms with Crippen molar-refractivity contribution in [2.75, 3.05) is 13.1 Å². The number of nitrogens with zero attached hydrogens (tertiary/aromatic N) is 3. The molecule has 1 amide bonds. The van der Waals surface area contributed by atoms with Gasteiger partial charge in [0, 0.05) is 19.3 Å². The molecule has 6 nitrogen and oxygen atoms in total. The Morgan fingerprint density at radius 1 is 1.12 bits per heavy atom. The standard InChI is InChI=1S/C19H23N3O3/c23-18(24)9-13-22-17(6-10-20-22)19(25)21-11-7-16(8-12-21)14-15-4-2-1-3-5-15/h1-6,10,16H,7-9,11-14H2,(H,23,24). The molecule has 2 heterocycles. The lowest BCUT2D eigenvalue weighted by Gasteiger charge is -2.32. The average molecular weight is 341 g/mol. The van der Waals surface area contributed by atoms with E-state index in [4.69, 9.17) is 5.11 Å². The Bertz CT molecular complexity index is 719. The number of hydrogen-bond donors (Lipinski definition) is 1. The van der Waals surface area contributed by atoms with Crippen LogP contribution < -0.4 is 0 Å². The van der Waals surface area contributed by atoms with Gasteiger partial charge in [-0.1, -0.05) is 30.3 Å².